The standard InChI is InChI=1S/C42H44Cl2N6O3S/c1-2-52-21-7-20-47-42(54)49(27-35-10-6-11-39(43)41(35)44)28-36(22-31-16-18-38(19-17-31)53-29-34-8-4-3-5-9-34)48-40(51)23-37-25-46-30-50(37)26-33-14-12-32(24-45)13-15-33/h3-6,8-19,25,30,36H,2,7,20-23,26-29H2,1H3,(H,47,54)(H,48,51)/t36-/m0/s1. The van der Waals surface area contributed by atoms with E-state index >= 15 is 0 Å². The van der Waals surface area contributed by atoms with E-state index in [-0.39, 0.29) is 18.4 Å². The van der Waals surface area contributed by atoms with Gasteiger partial charge in [-0.15, -0.1) is 0 Å². The first-order chi connectivity index (χ1) is 26.3. The molecule has 0 aliphatic heterocycles. The normalized spacial score (nSPS) is 11.4. The number of rotatable bonds is 19. The van der Waals surface area contributed by atoms with Crippen molar-refractivity contribution in [2.45, 2.75) is 51.9 Å². The number of nitriles is 1. The molecular weight excluding hydrogens is 739 g/mol. The van der Waals surface area contributed by atoms with E-state index < -0.39 is 0 Å². The van der Waals surface area contributed by atoms with Crippen molar-refractivity contribution in [2.24, 2.45) is 0 Å². The molecule has 2 N–H and O–H groups in total. The molecule has 0 saturated heterocycles. The van der Waals surface area contributed by atoms with Crippen LogP contribution in [0.1, 0.15) is 46.9 Å². The molecule has 4 aromatic carbocycles. The number of imidazole rings is 1. The molecule has 0 unspecified atom stereocenters. The van der Waals surface area contributed by atoms with Crippen LogP contribution in [0.5, 0.6) is 5.75 Å². The molecule has 0 saturated carbocycles. The van der Waals surface area contributed by atoms with Crippen LogP contribution in [-0.2, 0) is 42.1 Å². The van der Waals surface area contributed by atoms with Crippen molar-refractivity contribution in [1.29, 1.82) is 5.26 Å². The highest BCUT2D eigenvalue weighted by Crippen LogP contribution is 2.27. The minimum atomic E-state index is -0.343. The van der Waals surface area contributed by atoms with Crippen LogP contribution in [-0.4, -0.2) is 57.8 Å². The Morgan fingerprint density at radius 3 is 2.48 bits per heavy atom. The Bertz CT molecular complexity index is 1980. The predicted octanol–water partition coefficient (Wildman–Crippen LogP) is 7.76. The molecule has 12 heteroatoms. The van der Waals surface area contributed by atoms with Gasteiger partial charge in [-0.3, -0.25) is 4.79 Å². The van der Waals surface area contributed by atoms with Gasteiger partial charge in [-0.05, 0) is 84.6 Å². The number of ether oxygens (including phenoxy) is 2. The Labute approximate surface area is 332 Å². The molecule has 1 amide bonds. The molecule has 0 bridgehead atoms. The Morgan fingerprint density at radius 1 is 0.981 bits per heavy atom. The minimum absolute atomic E-state index is 0.124. The van der Waals surface area contributed by atoms with Gasteiger partial charge in [0.2, 0.25) is 5.91 Å². The summed E-state index contributed by atoms with van der Waals surface area (Å²) < 4.78 is 13.5. The number of nitrogens with one attached hydrogen (secondary N) is 2. The second-order valence-corrected chi connectivity index (χ2v) is 13.9. The summed E-state index contributed by atoms with van der Waals surface area (Å²) in [5.41, 5.74) is 5.29. The number of benzene rings is 4. The van der Waals surface area contributed by atoms with Crippen molar-refractivity contribution >= 4 is 46.4 Å². The summed E-state index contributed by atoms with van der Waals surface area (Å²) in [6, 6.07) is 32.7. The number of halogens is 2. The van der Waals surface area contributed by atoms with E-state index in [1.807, 2.05) is 95.3 Å². The molecule has 5 aromatic rings. The van der Waals surface area contributed by atoms with Gasteiger partial charge in [-0.2, -0.15) is 5.26 Å². The molecule has 9 nitrogen and oxygen atoms in total. The fraction of sp³-hybridized carbons (Fsp3) is 0.286. The summed E-state index contributed by atoms with van der Waals surface area (Å²) in [7, 11) is 0. The van der Waals surface area contributed by atoms with Gasteiger partial charge in [-0.25, -0.2) is 4.98 Å². The highest BCUT2D eigenvalue weighted by Gasteiger charge is 2.22. The van der Waals surface area contributed by atoms with Gasteiger partial charge >= 0.3 is 0 Å². The molecule has 0 spiro atoms. The Kier molecular flexibility index (Phi) is 15.7. The summed E-state index contributed by atoms with van der Waals surface area (Å²) in [5.74, 6) is 0.606. The van der Waals surface area contributed by atoms with Crippen LogP contribution in [0.25, 0.3) is 0 Å². The van der Waals surface area contributed by atoms with E-state index in [2.05, 4.69) is 21.7 Å². The average Bonchev–Trinajstić information content (AvgIpc) is 3.62. The first-order valence-electron chi connectivity index (χ1n) is 17.9. The van der Waals surface area contributed by atoms with E-state index in [1.54, 1.807) is 30.7 Å². The summed E-state index contributed by atoms with van der Waals surface area (Å²) in [5, 5.41) is 17.3. The Balaban J connectivity index is 1.34. The van der Waals surface area contributed by atoms with Crippen molar-refractivity contribution in [2.75, 3.05) is 26.3 Å². The predicted molar refractivity (Wildman–Crippen MR) is 218 cm³/mol. The number of amides is 1. The van der Waals surface area contributed by atoms with Gasteiger partial charge in [0, 0.05) is 51.3 Å². The summed E-state index contributed by atoms with van der Waals surface area (Å²) in [6.07, 6.45) is 4.86. The zero-order valence-corrected chi connectivity index (χ0v) is 32.5. The summed E-state index contributed by atoms with van der Waals surface area (Å²) in [4.78, 5) is 20.2. The molecule has 1 atom stereocenters. The Morgan fingerprint density at radius 2 is 1.74 bits per heavy atom. The van der Waals surface area contributed by atoms with Crippen LogP contribution in [0.4, 0.5) is 0 Å². The summed E-state index contributed by atoms with van der Waals surface area (Å²) in [6.45, 7) is 5.64. The van der Waals surface area contributed by atoms with Gasteiger partial charge < -0.3 is 29.6 Å². The first-order valence-corrected chi connectivity index (χ1v) is 19.0. The lowest BCUT2D eigenvalue weighted by molar-refractivity contribution is -0.121. The number of aromatic nitrogens is 2. The lowest BCUT2D eigenvalue weighted by Crippen LogP contribution is -2.49. The number of carbonyl (C=O) groups excluding carboxylic acids is 1. The van der Waals surface area contributed by atoms with Gasteiger partial charge in [0.1, 0.15) is 12.4 Å². The van der Waals surface area contributed by atoms with Crippen molar-refractivity contribution in [1.82, 2.24) is 25.1 Å². The minimum Gasteiger partial charge on any atom is -0.489 e. The van der Waals surface area contributed by atoms with E-state index in [0.29, 0.717) is 73.1 Å². The monoisotopic (exact) mass is 782 g/mol. The zero-order valence-electron chi connectivity index (χ0n) is 30.2. The van der Waals surface area contributed by atoms with Crippen LogP contribution in [0.2, 0.25) is 10.0 Å². The lowest BCUT2D eigenvalue weighted by atomic mass is 10.0. The molecule has 0 aliphatic carbocycles. The molecule has 54 heavy (non-hydrogen) atoms. The van der Waals surface area contributed by atoms with Crippen molar-refractivity contribution in [3.8, 4) is 11.8 Å². The zero-order chi connectivity index (χ0) is 38.1. The second kappa shape index (κ2) is 21.1. The van der Waals surface area contributed by atoms with Crippen LogP contribution in [0, 0.1) is 11.3 Å². The lowest BCUT2D eigenvalue weighted by Gasteiger charge is -2.31. The van der Waals surface area contributed by atoms with E-state index in [9.17, 15) is 10.1 Å². The topological polar surface area (TPSA) is 104 Å². The average molecular weight is 784 g/mol. The van der Waals surface area contributed by atoms with Crippen molar-refractivity contribution in [3.63, 3.8) is 0 Å². The maximum Gasteiger partial charge on any atom is 0.226 e. The SMILES string of the molecule is CCOCCCNC(=S)N(Cc1cccc(Cl)c1Cl)C[C@H](Cc1ccc(OCc2ccccc2)cc1)NC(=O)Cc1cncn1Cc1ccc(C#N)cc1. The van der Waals surface area contributed by atoms with Crippen LogP contribution >= 0.6 is 35.4 Å². The highest BCUT2D eigenvalue weighted by molar-refractivity contribution is 7.80. The van der Waals surface area contributed by atoms with Gasteiger partial charge in [-0.1, -0.05) is 89.9 Å². The van der Waals surface area contributed by atoms with E-state index in [0.717, 1.165) is 40.1 Å². The number of hydrogen-bond donors (Lipinski definition) is 2. The molecule has 5 rings (SSSR count). The number of thiocarbonyl (C=S) groups is 1. The van der Waals surface area contributed by atoms with Gasteiger partial charge in [0.05, 0.1) is 40.5 Å². The Hall–Kier alpha value is -4.92. The smallest absolute Gasteiger partial charge is 0.226 e. The third-order valence-electron chi connectivity index (χ3n) is 8.66. The maximum atomic E-state index is 13.8. The van der Waals surface area contributed by atoms with E-state index in [1.165, 1.54) is 0 Å². The maximum absolute atomic E-state index is 13.8. The van der Waals surface area contributed by atoms with Crippen molar-refractivity contribution in [3.05, 3.63) is 153 Å². The van der Waals surface area contributed by atoms with Crippen LogP contribution in [0.3, 0.4) is 0 Å². The molecule has 1 heterocycles. The molecule has 0 radical (unpaired) electrons. The number of carbonyl (C=O) groups is 1. The third kappa shape index (κ3) is 12.6. The molecule has 1 aromatic heterocycles. The van der Waals surface area contributed by atoms with Crippen LogP contribution in [0.15, 0.2) is 110 Å². The third-order valence-corrected chi connectivity index (χ3v) is 9.92. The fourth-order valence-corrected chi connectivity index (χ4v) is 6.48. The van der Waals surface area contributed by atoms with Gasteiger partial charge in [0.25, 0.3) is 0 Å². The quantitative estimate of drug-likeness (QED) is 0.0648. The molecule has 280 valence electrons. The van der Waals surface area contributed by atoms with Crippen LogP contribution < -0.4 is 15.4 Å². The van der Waals surface area contributed by atoms with Crippen molar-refractivity contribution < 1.29 is 14.3 Å². The number of nitrogens with zero attached hydrogens (tertiary/aromatic N) is 4. The number of hydrogen-bond acceptors (Lipinski definition) is 6. The first kappa shape index (κ1) is 40.3. The fourth-order valence-electron chi connectivity index (χ4n) is 5.86. The summed E-state index contributed by atoms with van der Waals surface area (Å²) >= 11 is 19.0. The van der Waals surface area contributed by atoms with E-state index in [4.69, 9.17) is 44.9 Å². The molecule has 0 aliphatic rings. The largest absolute Gasteiger partial charge is 0.489 e. The second-order valence-electron chi connectivity index (χ2n) is 12.8. The highest BCUT2D eigenvalue weighted by atomic mass is 35.5. The van der Waals surface area contributed by atoms with Gasteiger partial charge in [0.15, 0.2) is 5.11 Å². The molecule has 0 fully saturated rings. The molecular formula is C42H44Cl2N6O3S.